The number of hydrogen-bond acceptors (Lipinski definition) is 4. The first-order valence-electron chi connectivity index (χ1n) is 8.92. The van der Waals surface area contributed by atoms with Crippen molar-refractivity contribution in [3.63, 3.8) is 0 Å². The van der Waals surface area contributed by atoms with Crippen LogP contribution in [0.1, 0.15) is 25.7 Å². The van der Waals surface area contributed by atoms with E-state index in [2.05, 4.69) is 15.6 Å². The van der Waals surface area contributed by atoms with Crippen LogP contribution < -0.4 is 10.6 Å². The highest BCUT2D eigenvalue weighted by Gasteiger charge is 2.20. The van der Waals surface area contributed by atoms with E-state index in [0.29, 0.717) is 23.8 Å². The summed E-state index contributed by atoms with van der Waals surface area (Å²) in [7, 11) is -1.50. The molecule has 1 aliphatic carbocycles. The molecule has 2 rings (SSSR count). The molecule has 25 heavy (non-hydrogen) atoms. The third-order valence-electron chi connectivity index (χ3n) is 4.02. The van der Waals surface area contributed by atoms with Crippen molar-refractivity contribution in [2.75, 3.05) is 39.1 Å². The fourth-order valence-corrected chi connectivity index (χ4v) is 3.68. The van der Waals surface area contributed by atoms with E-state index >= 15 is 0 Å². The lowest BCUT2D eigenvalue weighted by Crippen LogP contribution is -2.38. The number of sulfone groups is 1. The third kappa shape index (κ3) is 7.88. The Kier molecular flexibility index (Phi) is 8.21. The molecular formula is C18H29N3O3S. The van der Waals surface area contributed by atoms with Crippen molar-refractivity contribution in [3.05, 3.63) is 30.3 Å². The predicted molar refractivity (Wildman–Crippen MR) is 101 cm³/mol. The molecule has 1 aromatic carbocycles. The highest BCUT2D eigenvalue weighted by Crippen LogP contribution is 2.28. The number of nitrogens with one attached hydrogen (secondary N) is 2. The molecule has 1 aliphatic rings. The Bertz CT molecular complexity index is 628. The molecule has 0 aliphatic heterocycles. The molecule has 0 heterocycles. The van der Waals surface area contributed by atoms with E-state index in [1.165, 1.54) is 12.8 Å². The maximum Gasteiger partial charge on any atom is 0.190 e. The summed E-state index contributed by atoms with van der Waals surface area (Å²) in [6.45, 7) is 3.00. The fourth-order valence-electron chi connectivity index (χ4n) is 2.35. The number of nitrogens with zero attached hydrogens (tertiary/aromatic N) is 1. The Hall–Kier alpha value is -1.60. The van der Waals surface area contributed by atoms with E-state index in [1.807, 2.05) is 6.07 Å². The normalized spacial score (nSPS) is 15.2. The van der Waals surface area contributed by atoms with Gasteiger partial charge in [0.25, 0.3) is 0 Å². The van der Waals surface area contributed by atoms with Crippen LogP contribution >= 0.6 is 0 Å². The van der Waals surface area contributed by atoms with Crippen LogP contribution in [0.2, 0.25) is 0 Å². The zero-order chi connectivity index (χ0) is 18.0. The summed E-state index contributed by atoms with van der Waals surface area (Å²) < 4.78 is 30.0. The first-order chi connectivity index (χ1) is 12.1. The fraction of sp³-hybridized carbons (Fsp3) is 0.611. The maximum atomic E-state index is 12.2. The second-order valence-electron chi connectivity index (χ2n) is 6.28. The van der Waals surface area contributed by atoms with Gasteiger partial charge in [-0.05, 0) is 43.7 Å². The summed E-state index contributed by atoms with van der Waals surface area (Å²) in [5.41, 5.74) is 0. The van der Waals surface area contributed by atoms with Crippen LogP contribution in [0.5, 0.6) is 0 Å². The van der Waals surface area contributed by atoms with Crippen molar-refractivity contribution in [1.29, 1.82) is 0 Å². The molecule has 0 amide bonds. The number of hydrogen-bond donors (Lipinski definition) is 2. The molecule has 0 aromatic heterocycles. The van der Waals surface area contributed by atoms with Crippen LogP contribution in [0.15, 0.2) is 40.2 Å². The zero-order valence-electron chi connectivity index (χ0n) is 14.9. The Labute approximate surface area is 151 Å². The van der Waals surface area contributed by atoms with Gasteiger partial charge in [0.15, 0.2) is 15.8 Å². The van der Waals surface area contributed by atoms with E-state index in [1.54, 1.807) is 31.3 Å². The highest BCUT2D eigenvalue weighted by atomic mass is 32.2. The molecule has 0 radical (unpaired) electrons. The molecule has 1 fully saturated rings. The molecule has 140 valence electrons. The Morgan fingerprint density at radius 2 is 1.84 bits per heavy atom. The molecule has 0 bridgehead atoms. The van der Waals surface area contributed by atoms with Crippen molar-refractivity contribution in [3.8, 4) is 0 Å². The zero-order valence-corrected chi connectivity index (χ0v) is 15.7. The summed E-state index contributed by atoms with van der Waals surface area (Å²) in [5, 5.41) is 6.36. The predicted octanol–water partition coefficient (Wildman–Crippen LogP) is 1.83. The minimum atomic E-state index is -3.21. The maximum absolute atomic E-state index is 12.2. The summed E-state index contributed by atoms with van der Waals surface area (Å²) >= 11 is 0. The van der Waals surface area contributed by atoms with Gasteiger partial charge in [-0.1, -0.05) is 18.2 Å². The van der Waals surface area contributed by atoms with Gasteiger partial charge in [0.1, 0.15) is 0 Å². The van der Waals surface area contributed by atoms with E-state index in [9.17, 15) is 8.42 Å². The average Bonchev–Trinajstić information content (AvgIpc) is 3.44. The smallest absolute Gasteiger partial charge is 0.190 e. The average molecular weight is 368 g/mol. The molecule has 6 nitrogen and oxygen atoms in total. The lowest BCUT2D eigenvalue weighted by Gasteiger charge is -2.12. The number of aliphatic imine (C=N–C) groups is 1. The van der Waals surface area contributed by atoms with Crippen LogP contribution in [0.4, 0.5) is 0 Å². The number of rotatable bonds is 11. The van der Waals surface area contributed by atoms with Crippen molar-refractivity contribution < 1.29 is 13.2 Å². The molecule has 2 N–H and O–H groups in total. The summed E-state index contributed by atoms with van der Waals surface area (Å²) in [4.78, 5) is 4.52. The first kappa shape index (κ1) is 19.7. The van der Waals surface area contributed by atoms with Crippen molar-refractivity contribution >= 4 is 15.8 Å². The van der Waals surface area contributed by atoms with Gasteiger partial charge < -0.3 is 15.4 Å². The number of guanidine groups is 1. The molecule has 7 heteroatoms. The van der Waals surface area contributed by atoms with Crippen LogP contribution in [0, 0.1) is 5.92 Å². The molecule has 1 saturated carbocycles. The van der Waals surface area contributed by atoms with E-state index in [4.69, 9.17) is 4.74 Å². The Morgan fingerprint density at radius 1 is 1.16 bits per heavy atom. The molecular weight excluding hydrogens is 338 g/mol. The van der Waals surface area contributed by atoms with Crippen LogP contribution in [0.3, 0.4) is 0 Å². The van der Waals surface area contributed by atoms with Crippen molar-refractivity contribution in [1.82, 2.24) is 10.6 Å². The van der Waals surface area contributed by atoms with Crippen LogP contribution in [-0.2, 0) is 14.6 Å². The molecule has 0 atom stereocenters. The van der Waals surface area contributed by atoms with Crippen molar-refractivity contribution in [2.45, 2.75) is 30.6 Å². The van der Waals surface area contributed by atoms with Crippen LogP contribution in [0.25, 0.3) is 0 Å². The lowest BCUT2D eigenvalue weighted by molar-refractivity contribution is 0.123. The van der Waals surface area contributed by atoms with Gasteiger partial charge in [-0.3, -0.25) is 4.99 Å². The highest BCUT2D eigenvalue weighted by molar-refractivity contribution is 7.91. The quantitative estimate of drug-likeness (QED) is 0.354. The van der Waals surface area contributed by atoms with Gasteiger partial charge in [-0.25, -0.2) is 8.42 Å². The van der Waals surface area contributed by atoms with E-state index in [-0.39, 0.29) is 5.75 Å². The largest absolute Gasteiger partial charge is 0.381 e. The topological polar surface area (TPSA) is 79.8 Å². The SMILES string of the molecule is CN=C(NCCCOCC1CC1)NCCCS(=O)(=O)c1ccccc1. The Balaban J connectivity index is 1.55. The standard InChI is InChI=1S/C18H29N3O3S/c1-19-18(20-11-5-13-24-15-16-9-10-16)21-12-6-14-25(22,23)17-7-3-2-4-8-17/h2-4,7-8,16H,5-6,9-15H2,1H3,(H2,19,20,21). The van der Waals surface area contributed by atoms with E-state index in [0.717, 1.165) is 32.1 Å². The van der Waals surface area contributed by atoms with Crippen molar-refractivity contribution in [2.24, 2.45) is 10.9 Å². The number of benzene rings is 1. The third-order valence-corrected chi connectivity index (χ3v) is 5.83. The van der Waals surface area contributed by atoms with Gasteiger partial charge in [0.05, 0.1) is 10.6 Å². The molecule has 1 aromatic rings. The first-order valence-corrected chi connectivity index (χ1v) is 10.6. The summed E-state index contributed by atoms with van der Waals surface area (Å²) in [6, 6.07) is 8.56. The van der Waals surface area contributed by atoms with Gasteiger partial charge in [-0.2, -0.15) is 0 Å². The minimum Gasteiger partial charge on any atom is -0.381 e. The van der Waals surface area contributed by atoms with E-state index < -0.39 is 9.84 Å². The minimum absolute atomic E-state index is 0.121. The molecule has 0 spiro atoms. The van der Waals surface area contributed by atoms with Gasteiger partial charge >= 0.3 is 0 Å². The number of ether oxygens (including phenoxy) is 1. The second-order valence-corrected chi connectivity index (χ2v) is 8.39. The second kappa shape index (κ2) is 10.4. The van der Waals surface area contributed by atoms with Gasteiger partial charge in [-0.15, -0.1) is 0 Å². The molecule has 0 unspecified atom stereocenters. The summed E-state index contributed by atoms with van der Waals surface area (Å²) in [5.74, 6) is 1.62. The summed E-state index contributed by atoms with van der Waals surface area (Å²) in [6.07, 6.45) is 4.09. The Morgan fingerprint density at radius 3 is 2.48 bits per heavy atom. The van der Waals surface area contributed by atoms with Gasteiger partial charge in [0.2, 0.25) is 0 Å². The molecule has 0 saturated heterocycles. The van der Waals surface area contributed by atoms with Gasteiger partial charge in [0, 0.05) is 33.4 Å². The van der Waals surface area contributed by atoms with Crippen LogP contribution in [-0.4, -0.2) is 53.5 Å². The lowest BCUT2D eigenvalue weighted by atomic mass is 10.4. The monoisotopic (exact) mass is 367 g/mol.